The predicted octanol–water partition coefficient (Wildman–Crippen LogP) is 3.41. The van der Waals surface area contributed by atoms with Gasteiger partial charge in [-0.2, -0.15) is 0 Å². The molecule has 1 aromatic carbocycles. The highest BCUT2D eigenvalue weighted by Crippen LogP contribution is 2.44. The summed E-state index contributed by atoms with van der Waals surface area (Å²) < 4.78 is 11.0. The summed E-state index contributed by atoms with van der Waals surface area (Å²) in [5.41, 5.74) is 1.28. The third kappa shape index (κ3) is 2.86. The number of ether oxygens (including phenoxy) is 1. The normalized spacial score (nSPS) is 17.2. The Balaban J connectivity index is 1.87. The van der Waals surface area contributed by atoms with Crippen LogP contribution in [-0.2, 0) is 11.2 Å². The van der Waals surface area contributed by atoms with Gasteiger partial charge in [-0.15, -0.1) is 0 Å². The van der Waals surface area contributed by atoms with Crippen LogP contribution >= 0.6 is 0 Å². The lowest BCUT2D eigenvalue weighted by Crippen LogP contribution is -2.23. The molecule has 1 aromatic heterocycles. The van der Waals surface area contributed by atoms with E-state index in [-0.39, 0.29) is 11.8 Å². The molecular formula is C16H19NO4. The number of nitrogens with zero attached hydrogens (tertiary/aromatic N) is 1. The summed E-state index contributed by atoms with van der Waals surface area (Å²) in [5.74, 6) is 0.613. The molecule has 5 nitrogen and oxygen atoms in total. The minimum Gasteiger partial charge on any atom is -0.497 e. The summed E-state index contributed by atoms with van der Waals surface area (Å²) >= 11 is 0. The van der Waals surface area contributed by atoms with Gasteiger partial charge >= 0.3 is 5.97 Å². The van der Waals surface area contributed by atoms with E-state index in [2.05, 4.69) is 4.98 Å². The Morgan fingerprint density at radius 2 is 2.19 bits per heavy atom. The zero-order valence-corrected chi connectivity index (χ0v) is 12.1. The van der Waals surface area contributed by atoms with Crippen molar-refractivity contribution in [2.24, 2.45) is 5.41 Å². The first kappa shape index (κ1) is 13.9. The van der Waals surface area contributed by atoms with Crippen molar-refractivity contribution in [3.63, 3.8) is 0 Å². The number of oxazole rings is 1. The number of fused-ring (bicyclic) bond motifs is 1. The van der Waals surface area contributed by atoms with Gasteiger partial charge < -0.3 is 14.3 Å². The molecule has 1 heterocycles. The Kier molecular flexibility index (Phi) is 3.57. The highest BCUT2D eigenvalue weighted by molar-refractivity contribution is 5.74. The maximum atomic E-state index is 11.1. The van der Waals surface area contributed by atoms with E-state index in [0.29, 0.717) is 17.9 Å². The Labute approximate surface area is 122 Å². The zero-order chi connectivity index (χ0) is 14.9. The molecule has 0 atom stereocenters. The molecule has 1 saturated carbocycles. The van der Waals surface area contributed by atoms with Crippen molar-refractivity contribution in [1.82, 2.24) is 4.98 Å². The molecular weight excluding hydrogens is 270 g/mol. The van der Waals surface area contributed by atoms with Gasteiger partial charge in [0.05, 0.1) is 13.5 Å². The van der Waals surface area contributed by atoms with Gasteiger partial charge in [0.25, 0.3) is 0 Å². The molecule has 0 spiro atoms. The van der Waals surface area contributed by atoms with E-state index < -0.39 is 5.97 Å². The van der Waals surface area contributed by atoms with Gasteiger partial charge in [-0.1, -0.05) is 12.8 Å². The number of carboxylic acids is 1. The van der Waals surface area contributed by atoms with Crippen LogP contribution in [0.5, 0.6) is 5.75 Å². The van der Waals surface area contributed by atoms with E-state index in [0.717, 1.165) is 36.9 Å². The lowest BCUT2D eigenvalue weighted by molar-refractivity contribution is -0.139. The maximum Gasteiger partial charge on any atom is 0.303 e. The fourth-order valence-electron chi connectivity index (χ4n) is 3.34. The second kappa shape index (κ2) is 5.39. The molecule has 2 aromatic rings. The Morgan fingerprint density at radius 3 is 2.86 bits per heavy atom. The topological polar surface area (TPSA) is 72.6 Å². The molecule has 3 rings (SSSR count). The third-order valence-electron chi connectivity index (χ3n) is 4.36. The standard InChI is InChI=1S/C16H19NO4/c1-20-11-4-5-12-13(8-11)21-14(17-12)9-16(10-15(18)19)6-2-3-7-16/h4-5,8H,2-3,6-7,9-10H2,1H3,(H,18,19). The lowest BCUT2D eigenvalue weighted by Gasteiger charge is -2.25. The molecule has 112 valence electrons. The molecule has 0 amide bonds. The number of hydrogen-bond donors (Lipinski definition) is 1. The first-order chi connectivity index (χ1) is 10.1. The van der Waals surface area contributed by atoms with E-state index in [1.807, 2.05) is 18.2 Å². The van der Waals surface area contributed by atoms with Gasteiger partial charge in [0.2, 0.25) is 0 Å². The van der Waals surface area contributed by atoms with Gasteiger partial charge in [0, 0.05) is 12.5 Å². The van der Waals surface area contributed by atoms with E-state index >= 15 is 0 Å². The summed E-state index contributed by atoms with van der Waals surface area (Å²) in [7, 11) is 1.61. The average molecular weight is 289 g/mol. The van der Waals surface area contributed by atoms with Crippen molar-refractivity contribution in [3.8, 4) is 5.75 Å². The van der Waals surface area contributed by atoms with Crippen LogP contribution in [0.15, 0.2) is 22.6 Å². The zero-order valence-electron chi connectivity index (χ0n) is 12.1. The molecule has 1 fully saturated rings. The summed E-state index contributed by atoms with van der Waals surface area (Å²) in [4.78, 5) is 15.6. The highest BCUT2D eigenvalue weighted by Gasteiger charge is 2.37. The number of carbonyl (C=O) groups is 1. The lowest BCUT2D eigenvalue weighted by atomic mass is 9.79. The SMILES string of the molecule is COc1ccc2nc(CC3(CC(=O)O)CCCC3)oc2c1. The molecule has 0 aliphatic heterocycles. The molecule has 5 heteroatoms. The Hall–Kier alpha value is -2.04. The summed E-state index contributed by atoms with van der Waals surface area (Å²) in [6.07, 6.45) is 4.82. The van der Waals surface area contributed by atoms with E-state index in [1.54, 1.807) is 7.11 Å². The summed E-state index contributed by atoms with van der Waals surface area (Å²) in [6.45, 7) is 0. The Bertz CT molecular complexity index is 655. The van der Waals surface area contributed by atoms with Crippen LogP contribution in [0, 0.1) is 5.41 Å². The van der Waals surface area contributed by atoms with Crippen LogP contribution in [0.3, 0.4) is 0 Å². The van der Waals surface area contributed by atoms with E-state index in [4.69, 9.17) is 14.3 Å². The molecule has 1 aliphatic rings. The van der Waals surface area contributed by atoms with Crippen molar-refractivity contribution in [3.05, 3.63) is 24.1 Å². The van der Waals surface area contributed by atoms with Crippen LogP contribution in [-0.4, -0.2) is 23.2 Å². The second-order valence-corrected chi connectivity index (χ2v) is 5.90. The molecule has 1 N–H and O–H groups in total. The largest absolute Gasteiger partial charge is 0.497 e. The fraction of sp³-hybridized carbons (Fsp3) is 0.500. The first-order valence-corrected chi connectivity index (χ1v) is 7.25. The minimum absolute atomic E-state index is 0.190. The number of aliphatic carboxylic acids is 1. The van der Waals surface area contributed by atoms with Crippen molar-refractivity contribution >= 4 is 17.1 Å². The number of hydrogen-bond acceptors (Lipinski definition) is 4. The molecule has 0 bridgehead atoms. The second-order valence-electron chi connectivity index (χ2n) is 5.90. The number of carboxylic acid groups (broad SMARTS) is 1. The average Bonchev–Trinajstić information content (AvgIpc) is 3.03. The Morgan fingerprint density at radius 1 is 1.43 bits per heavy atom. The number of benzene rings is 1. The molecule has 21 heavy (non-hydrogen) atoms. The minimum atomic E-state index is -0.741. The van der Waals surface area contributed by atoms with Gasteiger partial charge in [0.15, 0.2) is 11.5 Å². The van der Waals surface area contributed by atoms with Gasteiger partial charge in [-0.05, 0) is 30.4 Å². The monoisotopic (exact) mass is 289 g/mol. The van der Waals surface area contributed by atoms with Gasteiger partial charge in [0.1, 0.15) is 11.3 Å². The van der Waals surface area contributed by atoms with Crippen molar-refractivity contribution in [2.75, 3.05) is 7.11 Å². The van der Waals surface area contributed by atoms with E-state index in [9.17, 15) is 4.79 Å². The fourth-order valence-corrected chi connectivity index (χ4v) is 3.34. The van der Waals surface area contributed by atoms with Gasteiger partial charge in [-0.3, -0.25) is 4.79 Å². The van der Waals surface area contributed by atoms with Crippen LogP contribution < -0.4 is 4.74 Å². The van der Waals surface area contributed by atoms with Crippen LogP contribution in [0.1, 0.15) is 38.0 Å². The third-order valence-corrected chi connectivity index (χ3v) is 4.36. The van der Waals surface area contributed by atoms with Crippen LogP contribution in [0.4, 0.5) is 0 Å². The highest BCUT2D eigenvalue weighted by atomic mass is 16.5. The molecule has 0 unspecified atom stereocenters. The van der Waals surface area contributed by atoms with Crippen molar-refractivity contribution < 1.29 is 19.1 Å². The van der Waals surface area contributed by atoms with Crippen LogP contribution in [0.2, 0.25) is 0 Å². The van der Waals surface area contributed by atoms with Crippen molar-refractivity contribution in [2.45, 2.75) is 38.5 Å². The van der Waals surface area contributed by atoms with E-state index in [1.165, 1.54) is 0 Å². The molecule has 0 saturated heterocycles. The van der Waals surface area contributed by atoms with Gasteiger partial charge in [-0.25, -0.2) is 4.98 Å². The maximum absolute atomic E-state index is 11.1. The smallest absolute Gasteiger partial charge is 0.303 e. The predicted molar refractivity (Wildman–Crippen MR) is 77.4 cm³/mol. The van der Waals surface area contributed by atoms with Crippen LogP contribution in [0.25, 0.3) is 11.1 Å². The number of methoxy groups -OCH3 is 1. The quantitative estimate of drug-likeness (QED) is 0.913. The first-order valence-electron chi connectivity index (χ1n) is 7.25. The summed E-state index contributed by atoms with van der Waals surface area (Å²) in [6, 6.07) is 5.52. The molecule has 1 aliphatic carbocycles. The molecule has 0 radical (unpaired) electrons. The number of rotatable bonds is 5. The van der Waals surface area contributed by atoms with Crippen molar-refractivity contribution in [1.29, 1.82) is 0 Å². The summed E-state index contributed by atoms with van der Waals surface area (Å²) in [5, 5.41) is 9.16. The number of aromatic nitrogens is 1.